The Kier molecular flexibility index (Phi) is 6.36. The summed E-state index contributed by atoms with van der Waals surface area (Å²) in [6.07, 6.45) is 2.25. The zero-order chi connectivity index (χ0) is 15.0. The van der Waals surface area contributed by atoms with Gasteiger partial charge in [0.25, 0.3) is 0 Å². The monoisotopic (exact) mass is 281 g/mol. The van der Waals surface area contributed by atoms with Crippen LogP contribution in [0.25, 0.3) is 6.08 Å². The molecule has 0 fully saturated rings. The van der Waals surface area contributed by atoms with Crippen LogP contribution in [-0.4, -0.2) is 24.7 Å². The van der Waals surface area contributed by atoms with Crippen LogP contribution >= 0.6 is 0 Å². The smallest absolute Gasteiger partial charge is 0.235 e. The van der Waals surface area contributed by atoms with Crippen molar-refractivity contribution < 1.29 is 19.1 Å². The van der Waals surface area contributed by atoms with Gasteiger partial charge in [-0.25, -0.2) is 0 Å². The molecular formula is C14H19NO5. The molecule has 0 unspecified atom stereocenters. The van der Waals surface area contributed by atoms with E-state index >= 15 is 0 Å². The second-order valence-corrected chi connectivity index (χ2v) is 3.74. The van der Waals surface area contributed by atoms with E-state index in [0.29, 0.717) is 42.6 Å². The molecule has 0 heterocycles. The molecule has 6 heteroatoms. The summed E-state index contributed by atoms with van der Waals surface area (Å²) in [6.45, 7) is 7.01. The topological polar surface area (TPSA) is 70.8 Å². The van der Waals surface area contributed by atoms with Gasteiger partial charge in [0.1, 0.15) is 5.75 Å². The van der Waals surface area contributed by atoms with E-state index < -0.39 is 4.92 Å². The van der Waals surface area contributed by atoms with Crippen LogP contribution in [0, 0.1) is 10.1 Å². The summed E-state index contributed by atoms with van der Waals surface area (Å²) in [5, 5.41) is 10.4. The van der Waals surface area contributed by atoms with Crippen LogP contribution < -0.4 is 14.2 Å². The average molecular weight is 281 g/mol. The highest BCUT2D eigenvalue weighted by molar-refractivity contribution is 5.63. The molecule has 0 aromatic heterocycles. The lowest BCUT2D eigenvalue weighted by atomic mass is 10.1. The highest BCUT2D eigenvalue weighted by Gasteiger charge is 2.12. The van der Waals surface area contributed by atoms with Crippen LogP contribution in [0.1, 0.15) is 26.3 Å². The zero-order valence-corrected chi connectivity index (χ0v) is 11.9. The molecule has 6 nitrogen and oxygen atoms in total. The molecule has 0 aliphatic carbocycles. The normalized spacial score (nSPS) is 10.6. The van der Waals surface area contributed by atoms with E-state index in [1.807, 2.05) is 20.8 Å². The Morgan fingerprint density at radius 2 is 1.50 bits per heavy atom. The summed E-state index contributed by atoms with van der Waals surface area (Å²) in [5.41, 5.74) is 0.579. The number of hydrogen-bond acceptors (Lipinski definition) is 5. The van der Waals surface area contributed by atoms with Crippen molar-refractivity contribution in [1.29, 1.82) is 0 Å². The standard InChI is InChI=1S/C14H19NO5/c1-4-18-12-10-14(20-6-3)13(19-5-2)9-11(12)7-8-15(16)17/h7-10H,4-6H2,1-3H3/b8-7+. The van der Waals surface area contributed by atoms with Crippen LogP contribution in [0.3, 0.4) is 0 Å². The molecular weight excluding hydrogens is 262 g/mol. The summed E-state index contributed by atoms with van der Waals surface area (Å²) in [4.78, 5) is 9.92. The van der Waals surface area contributed by atoms with Crippen LogP contribution in [0.4, 0.5) is 0 Å². The van der Waals surface area contributed by atoms with E-state index in [2.05, 4.69) is 0 Å². The Balaban J connectivity index is 3.24. The van der Waals surface area contributed by atoms with E-state index in [0.717, 1.165) is 6.20 Å². The molecule has 0 saturated carbocycles. The van der Waals surface area contributed by atoms with E-state index in [-0.39, 0.29) is 0 Å². The van der Waals surface area contributed by atoms with Crippen LogP contribution in [0.5, 0.6) is 17.2 Å². The van der Waals surface area contributed by atoms with Crippen molar-refractivity contribution in [2.45, 2.75) is 20.8 Å². The number of ether oxygens (including phenoxy) is 3. The molecule has 1 aromatic carbocycles. The largest absolute Gasteiger partial charge is 0.493 e. The molecule has 0 spiro atoms. The Morgan fingerprint density at radius 1 is 1.00 bits per heavy atom. The van der Waals surface area contributed by atoms with Gasteiger partial charge in [-0.3, -0.25) is 10.1 Å². The molecule has 0 radical (unpaired) electrons. The molecule has 1 rings (SSSR count). The first-order chi connectivity index (χ1) is 9.62. The van der Waals surface area contributed by atoms with Gasteiger partial charge >= 0.3 is 0 Å². The van der Waals surface area contributed by atoms with E-state index in [1.54, 1.807) is 12.1 Å². The summed E-state index contributed by atoms with van der Waals surface area (Å²) in [7, 11) is 0. The summed E-state index contributed by atoms with van der Waals surface area (Å²) in [6, 6.07) is 3.37. The molecule has 20 heavy (non-hydrogen) atoms. The van der Waals surface area contributed by atoms with Gasteiger partial charge in [0, 0.05) is 17.7 Å². The van der Waals surface area contributed by atoms with Gasteiger partial charge in [-0.15, -0.1) is 0 Å². The van der Waals surface area contributed by atoms with Crippen molar-refractivity contribution in [1.82, 2.24) is 0 Å². The SMILES string of the molecule is CCOc1cc(OCC)c(OCC)cc1/C=C/[N+](=O)[O-]. The molecule has 0 saturated heterocycles. The third-order valence-corrected chi connectivity index (χ3v) is 2.35. The highest BCUT2D eigenvalue weighted by atomic mass is 16.6. The van der Waals surface area contributed by atoms with Gasteiger partial charge in [-0.2, -0.15) is 0 Å². The molecule has 110 valence electrons. The van der Waals surface area contributed by atoms with Crippen molar-refractivity contribution in [3.63, 3.8) is 0 Å². The molecule has 0 bridgehead atoms. The van der Waals surface area contributed by atoms with Crippen LogP contribution in [-0.2, 0) is 0 Å². The molecule has 0 amide bonds. The molecule has 0 atom stereocenters. The fraction of sp³-hybridized carbons (Fsp3) is 0.429. The van der Waals surface area contributed by atoms with Crippen LogP contribution in [0.2, 0.25) is 0 Å². The lowest BCUT2D eigenvalue weighted by Crippen LogP contribution is -2.01. The lowest BCUT2D eigenvalue weighted by molar-refractivity contribution is -0.400. The molecule has 0 aliphatic rings. The molecule has 0 aliphatic heterocycles. The van der Waals surface area contributed by atoms with E-state index in [9.17, 15) is 10.1 Å². The third-order valence-electron chi connectivity index (χ3n) is 2.35. The van der Waals surface area contributed by atoms with E-state index in [4.69, 9.17) is 14.2 Å². The molecule has 0 N–H and O–H groups in total. The number of benzene rings is 1. The fourth-order valence-corrected chi connectivity index (χ4v) is 1.65. The van der Waals surface area contributed by atoms with Gasteiger partial charge in [-0.1, -0.05) is 0 Å². The number of nitro groups is 1. The van der Waals surface area contributed by atoms with Gasteiger partial charge in [-0.05, 0) is 26.8 Å². The maximum Gasteiger partial charge on any atom is 0.235 e. The first-order valence-corrected chi connectivity index (χ1v) is 6.50. The Labute approximate surface area is 118 Å². The van der Waals surface area contributed by atoms with Crippen molar-refractivity contribution in [3.05, 3.63) is 34.0 Å². The van der Waals surface area contributed by atoms with Gasteiger partial charge in [0.2, 0.25) is 6.20 Å². The molecule has 1 aromatic rings. The Bertz CT molecular complexity index is 485. The Morgan fingerprint density at radius 3 is 2.00 bits per heavy atom. The highest BCUT2D eigenvalue weighted by Crippen LogP contribution is 2.36. The van der Waals surface area contributed by atoms with E-state index in [1.165, 1.54) is 6.08 Å². The Hall–Kier alpha value is -2.24. The minimum Gasteiger partial charge on any atom is -0.493 e. The number of hydrogen-bond donors (Lipinski definition) is 0. The van der Waals surface area contributed by atoms with Crippen molar-refractivity contribution in [3.8, 4) is 17.2 Å². The van der Waals surface area contributed by atoms with Gasteiger partial charge in [0.05, 0.1) is 24.7 Å². The van der Waals surface area contributed by atoms with Crippen molar-refractivity contribution >= 4 is 6.08 Å². The maximum absolute atomic E-state index is 10.4. The van der Waals surface area contributed by atoms with Crippen molar-refractivity contribution in [2.24, 2.45) is 0 Å². The summed E-state index contributed by atoms with van der Waals surface area (Å²) < 4.78 is 16.5. The summed E-state index contributed by atoms with van der Waals surface area (Å²) in [5.74, 6) is 1.63. The first kappa shape index (κ1) is 15.8. The minimum atomic E-state index is -0.521. The fourth-order valence-electron chi connectivity index (χ4n) is 1.65. The quantitative estimate of drug-likeness (QED) is 0.540. The first-order valence-electron chi connectivity index (χ1n) is 6.50. The maximum atomic E-state index is 10.4. The number of rotatable bonds is 8. The predicted octanol–water partition coefficient (Wildman–Crippen LogP) is 3.13. The average Bonchev–Trinajstić information content (AvgIpc) is 2.40. The third kappa shape index (κ3) is 4.46. The zero-order valence-electron chi connectivity index (χ0n) is 11.9. The number of nitrogens with zero attached hydrogens (tertiary/aromatic N) is 1. The predicted molar refractivity (Wildman–Crippen MR) is 76.0 cm³/mol. The lowest BCUT2D eigenvalue weighted by Gasteiger charge is -2.15. The van der Waals surface area contributed by atoms with Crippen molar-refractivity contribution in [2.75, 3.05) is 19.8 Å². The minimum absolute atomic E-state index is 0.457. The second-order valence-electron chi connectivity index (χ2n) is 3.74. The van der Waals surface area contributed by atoms with Gasteiger partial charge in [0.15, 0.2) is 11.5 Å². The van der Waals surface area contributed by atoms with Gasteiger partial charge < -0.3 is 14.2 Å². The van der Waals surface area contributed by atoms with Crippen LogP contribution in [0.15, 0.2) is 18.3 Å². The summed E-state index contributed by atoms with van der Waals surface area (Å²) >= 11 is 0. The second kappa shape index (κ2) is 8.04.